The molecule has 2 N–H and O–H groups in total. The third kappa shape index (κ3) is 3.92. The molecule has 0 aliphatic carbocycles. The highest BCUT2D eigenvalue weighted by molar-refractivity contribution is 7.16. The van der Waals surface area contributed by atoms with Gasteiger partial charge >= 0.3 is 0 Å². The Labute approximate surface area is 186 Å². The molecule has 0 fully saturated rings. The zero-order valence-electron chi connectivity index (χ0n) is 16.6. The second-order valence-corrected chi connectivity index (χ2v) is 9.17. The lowest BCUT2D eigenvalue weighted by atomic mass is 9.96. The first-order valence-electron chi connectivity index (χ1n) is 9.99. The number of H-pyrrole nitrogens is 1. The number of nitrogens with zero attached hydrogens (tertiary/aromatic N) is 2. The van der Waals surface area contributed by atoms with Crippen LogP contribution in [0, 0.1) is 0 Å². The third-order valence-corrected chi connectivity index (χ3v) is 7.22. The van der Waals surface area contributed by atoms with Crippen molar-refractivity contribution in [2.45, 2.75) is 18.9 Å². The van der Waals surface area contributed by atoms with Crippen molar-refractivity contribution >= 4 is 49.7 Å². The Bertz CT molecular complexity index is 1400. The molecule has 1 atom stereocenters. The number of thiophene rings is 2. The number of carbonyl (C=O) groups is 1. The molecule has 1 amide bonds. The highest BCUT2D eigenvalue weighted by Crippen LogP contribution is 2.32. The second-order valence-electron chi connectivity index (χ2n) is 7.29. The van der Waals surface area contributed by atoms with E-state index in [0.29, 0.717) is 18.5 Å². The Balaban J connectivity index is 1.29. The molecule has 0 saturated carbocycles. The van der Waals surface area contributed by atoms with Gasteiger partial charge in [-0.05, 0) is 34.5 Å². The van der Waals surface area contributed by atoms with Crippen molar-refractivity contribution in [3.8, 4) is 0 Å². The summed E-state index contributed by atoms with van der Waals surface area (Å²) in [5, 5.41) is 8.74. The van der Waals surface area contributed by atoms with E-state index >= 15 is 0 Å². The molecule has 6 nitrogen and oxygen atoms in total. The topological polar surface area (TPSA) is 79.8 Å². The SMILES string of the molecule is O=C(CCn1cnc2sccc2c1=O)NC[C@H](c1cccs1)c1c[nH]c2ccccc12. The van der Waals surface area contributed by atoms with Crippen LogP contribution in [0.25, 0.3) is 21.1 Å². The summed E-state index contributed by atoms with van der Waals surface area (Å²) in [6.45, 7) is 0.804. The minimum atomic E-state index is -0.102. The second kappa shape index (κ2) is 8.49. The number of benzene rings is 1. The normalized spacial score (nSPS) is 12.4. The number of carbonyl (C=O) groups excluding carboxylic acids is 1. The average molecular weight is 449 g/mol. The van der Waals surface area contributed by atoms with Gasteiger partial charge in [-0.2, -0.15) is 0 Å². The van der Waals surface area contributed by atoms with Crippen LogP contribution >= 0.6 is 22.7 Å². The minimum absolute atomic E-state index is 0.0617. The van der Waals surface area contributed by atoms with Crippen LogP contribution in [0.3, 0.4) is 0 Å². The number of aromatic amines is 1. The van der Waals surface area contributed by atoms with Gasteiger partial charge in [-0.1, -0.05) is 24.3 Å². The largest absolute Gasteiger partial charge is 0.361 e. The van der Waals surface area contributed by atoms with Gasteiger partial charge in [-0.25, -0.2) is 4.98 Å². The fourth-order valence-electron chi connectivity index (χ4n) is 3.81. The van der Waals surface area contributed by atoms with E-state index in [1.54, 1.807) is 17.4 Å². The van der Waals surface area contributed by atoms with Crippen LogP contribution in [0.4, 0.5) is 0 Å². The van der Waals surface area contributed by atoms with Gasteiger partial charge in [0.05, 0.1) is 11.7 Å². The molecule has 4 aromatic heterocycles. The molecular weight excluding hydrogens is 428 g/mol. The first-order valence-corrected chi connectivity index (χ1v) is 11.8. The summed E-state index contributed by atoms with van der Waals surface area (Å²) >= 11 is 3.12. The summed E-state index contributed by atoms with van der Waals surface area (Å²) in [6, 6.07) is 14.1. The molecule has 156 valence electrons. The molecule has 5 aromatic rings. The van der Waals surface area contributed by atoms with Crippen molar-refractivity contribution in [2.24, 2.45) is 0 Å². The van der Waals surface area contributed by atoms with Crippen LogP contribution in [0.2, 0.25) is 0 Å². The van der Waals surface area contributed by atoms with Gasteiger partial charge in [0.25, 0.3) is 5.56 Å². The molecule has 0 bridgehead atoms. The summed E-state index contributed by atoms with van der Waals surface area (Å²) in [4.78, 5) is 34.7. The number of fused-ring (bicyclic) bond motifs is 2. The first-order chi connectivity index (χ1) is 15.2. The molecule has 0 saturated heterocycles. The lowest BCUT2D eigenvalue weighted by molar-refractivity contribution is -0.121. The van der Waals surface area contributed by atoms with E-state index in [2.05, 4.69) is 38.9 Å². The highest BCUT2D eigenvalue weighted by Gasteiger charge is 2.20. The van der Waals surface area contributed by atoms with E-state index in [1.807, 2.05) is 29.8 Å². The summed E-state index contributed by atoms with van der Waals surface area (Å²) in [7, 11) is 0. The van der Waals surface area contributed by atoms with Gasteiger partial charge < -0.3 is 10.3 Å². The van der Waals surface area contributed by atoms with Crippen molar-refractivity contribution in [3.05, 3.63) is 86.5 Å². The monoisotopic (exact) mass is 448 g/mol. The molecule has 4 heterocycles. The molecule has 0 spiro atoms. The molecular formula is C23H20N4O2S2. The average Bonchev–Trinajstić information content (AvgIpc) is 3.55. The predicted molar refractivity (Wildman–Crippen MR) is 126 cm³/mol. The number of aryl methyl sites for hydroxylation is 1. The van der Waals surface area contributed by atoms with Crippen LogP contribution in [0.15, 0.2) is 70.5 Å². The van der Waals surface area contributed by atoms with Crippen molar-refractivity contribution in [1.29, 1.82) is 0 Å². The molecule has 0 aliphatic rings. The van der Waals surface area contributed by atoms with Gasteiger partial charge in [0.2, 0.25) is 5.91 Å². The number of hydrogen-bond donors (Lipinski definition) is 2. The molecule has 5 rings (SSSR count). The van der Waals surface area contributed by atoms with Crippen molar-refractivity contribution in [2.75, 3.05) is 6.54 Å². The fraction of sp³-hybridized carbons (Fsp3) is 0.174. The third-order valence-electron chi connectivity index (χ3n) is 5.42. The maximum absolute atomic E-state index is 12.6. The zero-order chi connectivity index (χ0) is 21.2. The Kier molecular flexibility index (Phi) is 5.40. The Morgan fingerprint density at radius 1 is 1.10 bits per heavy atom. The van der Waals surface area contributed by atoms with Gasteiger partial charge in [0, 0.05) is 47.4 Å². The smallest absolute Gasteiger partial charge is 0.262 e. The molecule has 8 heteroatoms. The van der Waals surface area contributed by atoms with Gasteiger partial charge in [-0.3, -0.25) is 14.2 Å². The highest BCUT2D eigenvalue weighted by atomic mass is 32.1. The number of rotatable bonds is 7. The number of nitrogens with one attached hydrogen (secondary N) is 2. The van der Waals surface area contributed by atoms with E-state index in [0.717, 1.165) is 15.7 Å². The Morgan fingerprint density at radius 3 is 2.87 bits per heavy atom. The van der Waals surface area contributed by atoms with Gasteiger partial charge in [0.1, 0.15) is 4.83 Å². The van der Waals surface area contributed by atoms with E-state index in [9.17, 15) is 9.59 Å². The Hall–Kier alpha value is -3.23. The van der Waals surface area contributed by atoms with Crippen LogP contribution < -0.4 is 10.9 Å². The molecule has 31 heavy (non-hydrogen) atoms. The molecule has 0 aliphatic heterocycles. The molecule has 1 aromatic carbocycles. The standard InChI is InChI=1S/C23H20N4O2S2/c28-21(7-9-27-14-26-22-16(23(27)29)8-11-31-22)25-13-18(20-6-3-10-30-20)17-12-24-19-5-2-1-4-15(17)19/h1-6,8,10-12,14,18,24H,7,9,13H2,(H,25,28)/t18-/m0/s1. The van der Waals surface area contributed by atoms with Crippen molar-refractivity contribution < 1.29 is 4.79 Å². The predicted octanol–water partition coefficient (Wildman–Crippen LogP) is 4.34. The number of aromatic nitrogens is 3. The lowest BCUT2D eigenvalue weighted by Crippen LogP contribution is -2.30. The first kappa shape index (κ1) is 19.7. The summed E-state index contributed by atoms with van der Waals surface area (Å²) in [5.74, 6) is -0.0228. The van der Waals surface area contributed by atoms with Gasteiger partial charge in [-0.15, -0.1) is 22.7 Å². The Morgan fingerprint density at radius 2 is 2.00 bits per heavy atom. The minimum Gasteiger partial charge on any atom is -0.361 e. The molecule has 0 radical (unpaired) electrons. The van der Waals surface area contributed by atoms with E-state index in [-0.39, 0.29) is 23.8 Å². The lowest BCUT2D eigenvalue weighted by Gasteiger charge is -2.16. The zero-order valence-corrected chi connectivity index (χ0v) is 18.2. The summed E-state index contributed by atoms with van der Waals surface area (Å²) in [5.41, 5.74) is 2.15. The van der Waals surface area contributed by atoms with E-state index in [4.69, 9.17) is 0 Å². The maximum atomic E-state index is 12.6. The van der Waals surface area contributed by atoms with E-state index in [1.165, 1.54) is 32.7 Å². The van der Waals surface area contributed by atoms with Gasteiger partial charge in [0.15, 0.2) is 0 Å². The van der Waals surface area contributed by atoms with Crippen molar-refractivity contribution in [3.63, 3.8) is 0 Å². The quantitative estimate of drug-likeness (QED) is 0.389. The van der Waals surface area contributed by atoms with Crippen LogP contribution in [-0.2, 0) is 11.3 Å². The van der Waals surface area contributed by atoms with Crippen molar-refractivity contribution in [1.82, 2.24) is 19.9 Å². The fourth-order valence-corrected chi connectivity index (χ4v) is 5.38. The summed E-state index contributed by atoms with van der Waals surface area (Å²) < 4.78 is 1.51. The van der Waals surface area contributed by atoms with Crippen LogP contribution in [0.1, 0.15) is 22.8 Å². The van der Waals surface area contributed by atoms with Crippen LogP contribution in [-0.4, -0.2) is 27.0 Å². The number of amides is 1. The van der Waals surface area contributed by atoms with E-state index < -0.39 is 0 Å². The van der Waals surface area contributed by atoms with Crippen LogP contribution in [0.5, 0.6) is 0 Å². The summed E-state index contributed by atoms with van der Waals surface area (Å²) in [6.07, 6.45) is 3.78. The maximum Gasteiger partial charge on any atom is 0.262 e. The molecule has 0 unspecified atom stereocenters. The number of hydrogen-bond acceptors (Lipinski definition) is 5. The number of para-hydroxylation sites is 1.